The van der Waals surface area contributed by atoms with Crippen LogP contribution >= 0.6 is 11.3 Å². The molecule has 1 fully saturated rings. The van der Waals surface area contributed by atoms with Crippen LogP contribution in [-0.4, -0.2) is 36.1 Å². The van der Waals surface area contributed by atoms with E-state index in [1.54, 1.807) is 6.20 Å². The molecule has 1 aromatic heterocycles. The second-order valence-corrected chi connectivity index (χ2v) is 4.72. The molecule has 1 aliphatic heterocycles. The fourth-order valence-electron chi connectivity index (χ4n) is 1.61. The van der Waals surface area contributed by atoms with E-state index >= 15 is 0 Å². The van der Waals surface area contributed by atoms with Crippen LogP contribution in [0, 0.1) is 11.3 Å². The number of ether oxygens (including phenoxy) is 1. The van der Waals surface area contributed by atoms with Crippen molar-refractivity contribution >= 4 is 11.3 Å². The Morgan fingerprint density at radius 3 is 2.93 bits per heavy atom. The summed E-state index contributed by atoms with van der Waals surface area (Å²) in [5.41, 5.74) is 0. The molecule has 15 heavy (non-hydrogen) atoms. The van der Waals surface area contributed by atoms with Crippen molar-refractivity contribution < 1.29 is 4.74 Å². The minimum Gasteiger partial charge on any atom is -0.467 e. The van der Waals surface area contributed by atoms with Crippen LogP contribution in [0.5, 0.6) is 5.19 Å². The lowest BCUT2D eigenvalue weighted by atomic mass is 10.1. The van der Waals surface area contributed by atoms with Gasteiger partial charge in [0.1, 0.15) is 17.1 Å². The largest absolute Gasteiger partial charge is 0.467 e. The maximum absolute atomic E-state index is 8.65. The van der Waals surface area contributed by atoms with Crippen LogP contribution in [-0.2, 0) is 0 Å². The average Bonchev–Trinajstić information content (AvgIpc) is 2.69. The quantitative estimate of drug-likeness (QED) is 0.762. The van der Waals surface area contributed by atoms with E-state index in [0.717, 1.165) is 25.9 Å². The molecule has 2 rings (SSSR count). The summed E-state index contributed by atoms with van der Waals surface area (Å²) in [6.45, 7) is 2.14. The van der Waals surface area contributed by atoms with Gasteiger partial charge in [-0.3, -0.25) is 0 Å². The number of nitriles is 1. The van der Waals surface area contributed by atoms with Crippen LogP contribution in [0.4, 0.5) is 0 Å². The van der Waals surface area contributed by atoms with Crippen molar-refractivity contribution in [3.8, 4) is 11.3 Å². The van der Waals surface area contributed by atoms with Crippen LogP contribution in [0.3, 0.4) is 0 Å². The minimum absolute atomic E-state index is 0.263. The highest BCUT2D eigenvalue weighted by atomic mass is 32.1. The van der Waals surface area contributed by atoms with Gasteiger partial charge in [0.15, 0.2) is 0 Å². The average molecular weight is 223 g/mol. The second-order valence-electron chi connectivity index (χ2n) is 3.72. The summed E-state index contributed by atoms with van der Waals surface area (Å²) >= 11 is 1.32. The van der Waals surface area contributed by atoms with E-state index < -0.39 is 0 Å². The van der Waals surface area contributed by atoms with Gasteiger partial charge in [0.25, 0.3) is 5.19 Å². The highest BCUT2D eigenvalue weighted by molar-refractivity contribution is 7.13. The van der Waals surface area contributed by atoms with Gasteiger partial charge in [0.05, 0.1) is 6.20 Å². The molecule has 0 amide bonds. The molecule has 0 spiro atoms. The van der Waals surface area contributed by atoms with Crippen LogP contribution in [0.15, 0.2) is 6.20 Å². The van der Waals surface area contributed by atoms with Crippen molar-refractivity contribution in [1.29, 1.82) is 5.26 Å². The summed E-state index contributed by atoms with van der Waals surface area (Å²) in [5.74, 6) is 0. The lowest BCUT2D eigenvalue weighted by Crippen LogP contribution is -2.35. The summed E-state index contributed by atoms with van der Waals surface area (Å²) in [6, 6.07) is 2.06. The molecular formula is C10H13N3OS. The van der Waals surface area contributed by atoms with Crippen molar-refractivity contribution in [2.45, 2.75) is 18.9 Å². The maximum Gasteiger partial charge on any atom is 0.274 e. The van der Waals surface area contributed by atoms with Crippen LogP contribution in [0.25, 0.3) is 0 Å². The van der Waals surface area contributed by atoms with Gasteiger partial charge in [0, 0.05) is 13.1 Å². The van der Waals surface area contributed by atoms with Gasteiger partial charge in [-0.25, -0.2) is 4.98 Å². The van der Waals surface area contributed by atoms with Gasteiger partial charge in [-0.2, -0.15) is 5.26 Å². The molecule has 1 aliphatic rings. The Balaban J connectivity index is 1.89. The Labute approximate surface area is 93.1 Å². The summed E-state index contributed by atoms with van der Waals surface area (Å²) in [6.07, 6.45) is 3.91. The Bertz CT molecular complexity index is 363. The number of nitrogens with zero attached hydrogens (tertiary/aromatic N) is 3. The number of hydrogen-bond acceptors (Lipinski definition) is 5. The molecule has 1 saturated heterocycles. The molecule has 0 aromatic carbocycles. The zero-order valence-electron chi connectivity index (χ0n) is 8.64. The topological polar surface area (TPSA) is 49.1 Å². The zero-order chi connectivity index (χ0) is 10.7. The van der Waals surface area contributed by atoms with Gasteiger partial charge in [-0.05, 0) is 19.9 Å². The molecule has 0 unspecified atom stereocenters. The molecule has 0 atom stereocenters. The van der Waals surface area contributed by atoms with Gasteiger partial charge in [-0.1, -0.05) is 11.3 Å². The summed E-state index contributed by atoms with van der Waals surface area (Å²) in [5, 5.41) is 9.28. The van der Waals surface area contributed by atoms with Crippen molar-refractivity contribution in [2.75, 3.05) is 20.1 Å². The zero-order valence-corrected chi connectivity index (χ0v) is 9.46. The molecule has 0 saturated carbocycles. The predicted octanol–water partition coefficient (Wildman–Crippen LogP) is 1.49. The molecule has 0 N–H and O–H groups in total. The number of rotatable bonds is 2. The highest BCUT2D eigenvalue weighted by Crippen LogP contribution is 2.23. The SMILES string of the molecule is CN1CCC(Oc2ncc(C#N)s2)CC1. The van der Waals surface area contributed by atoms with E-state index in [-0.39, 0.29) is 6.10 Å². The van der Waals surface area contributed by atoms with E-state index in [2.05, 4.69) is 23.0 Å². The minimum atomic E-state index is 0.263. The Kier molecular flexibility index (Phi) is 3.19. The van der Waals surface area contributed by atoms with Crippen molar-refractivity contribution in [3.63, 3.8) is 0 Å². The third kappa shape index (κ3) is 2.67. The molecule has 5 heteroatoms. The van der Waals surface area contributed by atoms with E-state index in [1.807, 2.05) is 0 Å². The fourth-order valence-corrected chi connectivity index (χ4v) is 2.24. The normalized spacial score (nSPS) is 18.7. The van der Waals surface area contributed by atoms with Gasteiger partial charge in [0.2, 0.25) is 0 Å². The monoisotopic (exact) mass is 223 g/mol. The first-order valence-corrected chi connectivity index (χ1v) is 5.80. The lowest BCUT2D eigenvalue weighted by molar-refractivity contribution is 0.114. The van der Waals surface area contributed by atoms with Crippen LogP contribution in [0.1, 0.15) is 17.7 Å². The third-order valence-corrected chi connectivity index (χ3v) is 3.32. The molecule has 4 nitrogen and oxygen atoms in total. The molecule has 0 bridgehead atoms. The molecule has 80 valence electrons. The molecule has 0 radical (unpaired) electrons. The summed E-state index contributed by atoms with van der Waals surface area (Å²) in [4.78, 5) is 6.96. The first-order chi connectivity index (χ1) is 7.28. The first kappa shape index (κ1) is 10.4. The molecular weight excluding hydrogens is 210 g/mol. The Morgan fingerprint density at radius 2 is 2.33 bits per heavy atom. The number of hydrogen-bond donors (Lipinski definition) is 0. The van der Waals surface area contributed by atoms with Gasteiger partial charge in [-0.15, -0.1) is 0 Å². The third-order valence-electron chi connectivity index (χ3n) is 2.53. The van der Waals surface area contributed by atoms with E-state index in [1.165, 1.54) is 11.3 Å². The standard InChI is InChI=1S/C10H13N3OS/c1-13-4-2-8(3-5-13)14-10-12-7-9(6-11)15-10/h7-8H,2-5H2,1H3. The van der Waals surface area contributed by atoms with Crippen molar-refractivity contribution in [1.82, 2.24) is 9.88 Å². The molecule has 2 heterocycles. The smallest absolute Gasteiger partial charge is 0.274 e. The Hall–Kier alpha value is -1.12. The van der Waals surface area contributed by atoms with Gasteiger partial charge < -0.3 is 9.64 Å². The number of aromatic nitrogens is 1. The maximum atomic E-state index is 8.65. The van der Waals surface area contributed by atoms with E-state index in [9.17, 15) is 0 Å². The first-order valence-electron chi connectivity index (χ1n) is 4.99. The Morgan fingerprint density at radius 1 is 1.60 bits per heavy atom. The number of likely N-dealkylation sites (tertiary alicyclic amines) is 1. The fraction of sp³-hybridized carbons (Fsp3) is 0.600. The number of thiazole rings is 1. The van der Waals surface area contributed by atoms with Crippen molar-refractivity contribution in [3.05, 3.63) is 11.1 Å². The van der Waals surface area contributed by atoms with Crippen molar-refractivity contribution in [2.24, 2.45) is 0 Å². The lowest BCUT2D eigenvalue weighted by Gasteiger charge is -2.28. The van der Waals surface area contributed by atoms with Crippen LogP contribution < -0.4 is 4.74 Å². The second kappa shape index (κ2) is 4.60. The predicted molar refractivity (Wildman–Crippen MR) is 58.0 cm³/mol. The highest BCUT2D eigenvalue weighted by Gasteiger charge is 2.19. The van der Waals surface area contributed by atoms with Gasteiger partial charge >= 0.3 is 0 Å². The summed E-state index contributed by atoms with van der Waals surface area (Å²) < 4.78 is 5.72. The van der Waals surface area contributed by atoms with E-state index in [0.29, 0.717) is 10.1 Å². The van der Waals surface area contributed by atoms with Crippen LogP contribution in [0.2, 0.25) is 0 Å². The molecule has 0 aliphatic carbocycles. The number of piperidine rings is 1. The van der Waals surface area contributed by atoms with E-state index in [4.69, 9.17) is 10.00 Å². The summed E-state index contributed by atoms with van der Waals surface area (Å²) in [7, 11) is 2.12. The molecule has 1 aromatic rings.